The van der Waals surface area contributed by atoms with Crippen LogP contribution in [0.2, 0.25) is 0 Å². The summed E-state index contributed by atoms with van der Waals surface area (Å²) in [4.78, 5) is 44.3. The molecule has 1 amide bonds. The van der Waals surface area contributed by atoms with E-state index < -0.39 is 23.5 Å². The fourth-order valence-corrected chi connectivity index (χ4v) is 4.42. The number of carbonyl (C=O) groups excluding carboxylic acids is 3. The van der Waals surface area contributed by atoms with Crippen LogP contribution in [-0.2, 0) is 20.7 Å². The number of benzene rings is 1. The normalized spacial score (nSPS) is 15.9. The van der Waals surface area contributed by atoms with Crippen molar-refractivity contribution in [3.8, 4) is 0 Å². The van der Waals surface area contributed by atoms with Gasteiger partial charge in [-0.25, -0.2) is 0 Å². The van der Waals surface area contributed by atoms with Crippen molar-refractivity contribution in [2.75, 3.05) is 4.90 Å². The van der Waals surface area contributed by atoms with Crippen LogP contribution in [0.25, 0.3) is 0 Å². The third kappa shape index (κ3) is 4.56. The summed E-state index contributed by atoms with van der Waals surface area (Å²) in [6.45, 7) is 3.57. The summed E-state index contributed by atoms with van der Waals surface area (Å²) < 4.78 is 5.18. The lowest BCUT2D eigenvalue weighted by atomic mass is 9.96. The van der Waals surface area contributed by atoms with Gasteiger partial charge in [0.1, 0.15) is 0 Å². The highest BCUT2D eigenvalue weighted by Crippen LogP contribution is 2.42. The Morgan fingerprint density at radius 2 is 1.91 bits per heavy atom. The summed E-state index contributed by atoms with van der Waals surface area (Å²) >= 11 is 1.24. The molecule has 0 saturated heterocycles. The molecule has 1 unspecified atom stereocenters. The number of ketones is 1. The number of thiophene rings is 1. The number of amides is 1. The average Bonchev–Trinajstić information content (AvgIpc) is 3.42. The van der Waals surface area contributed by atoms with Gasteiger partial charge in [-0.1, -0.05) is 24.3 Å². The molecule has 8 heteroatoms. The molecule has 1 N–H and O–H groups in total. The lowest BCUT2D eigenvalue weighted by Crippen LogP contribution is -2.31. The van der Waals surface area contributed by atoms with Crippen LogP contribution in [0.1, 0.15) is 40.7 Å². The van der Waals surface area contributed by atoms with Gasteiger partial charge < -0.3 is 9.84 Å². The third-order valence-corrected chi connectivity index (χ3v) is 6.00. The topological polar surface area (TPSA) is 96.8 Å². The van der Waals surface area contributed by atoms with Gasteiger partial charge in [0.25, 0.3) is 5.91 Å². The Balaban J connectivity index is 1.70. The number of esters is 1. The van der Waals surface area contributed by atoms with Crippen LogP contribution in [0.3, 0.4) is 0 Å². The Morgan fingerprint density at radius 1 is 1.15 bits per heavy atom. The Bertz CT molecular complexity index is 1200. The zero-order valence-electron chi connectivity index (χ0n) is 18.1. The number of pyridine rings is 1. The average molecular weight is 463 g/mol. The zero-order valence-corrected chi connectivity index (χ0v) is 18.9. The molecule has 7 nitrogen and oxygen atoms in total. The van der Waals surface area contributed by atoms with E-state index in [1.807, 2.05) is 0 Å². The maximum absolute atomic E-state index is 13.2. The molecule has 0 bridgehead atoms. The maximum atomic E-state index is 13.2. The number of Topliss-reactive ketones (excluding diaryl/α,β-unsaturated/α-hetero) is 1. The number of hydrogen-bond acceptors (Lipinski definition) is 7. The van der Waals surface area contributed by atoms with Crippen molar-refractivity contribution >= 4 is 34.7 Å². The number of carbonyl (C=O) groups is 3. The fourth-order valence-electron chi connectivity index (χ4n) is 3.74. The molecule has 1 aliphatic heterocycles. The predicted molar refractivity (Wildman–Crippen MR) is 124 cm³/mol. The molecule has 168 valence electrons. The van der Waals surface area contributed by atoms with E-state index in [-0.39, 0.29) is 24.1 Å². The fraction of sp³-hybridized carbons (Fsp3) is 0.200. The van der Waals surface area contributed by atoms with Crippen molar-refractivity contribution in [2.45, 2.75) is 32.4 Å². The van der Waals surface area contributed by atoms with E-state index >= 15 is 0 Å². The van der Waals surface area contributed by atoms with Gasteiger partial charge in [-0.05, 0) is 54.6 Å². The summed E-state index contributed by atoms with van der Waals surface area (Å²) in [6.07, 6.45) is 3.07. The van der Waals surface area contributed by atoms with Crippen molar-refractivity contribution < 1.29 is 24.2 Å². The van der Waals surface area contributed by atoms with E-state index in [2.05, 4.69) is 4.98 Å². The minimum absolute atomic E-state index is 0.0139. The molecule has 0 fully saturated rings. The molecule has 33 heavy (non-hydrogen) atoms. The summed E-state index contributed by atoms with van der Waals surface area (Å²) in [7, 11) is 0. The molecule has 2 aromatic heterocycles. The lowest BCUT2D eigenvalue weighted by molar-refractivity contribution is -0.146. The number of ether oxygens (including phenoxy) is 1. The van der Waals surface area contributed by atoms with Gasteiger partial charge >= 0.3 is 5.97 Å². The van der Waals surface area contributed by atoms with Gasteiger partial charge in [-0.3, -0.25) is 24.3 Å². The first kappa shape index (κ1) is 22.4. The van der Waals surface area contributed by atoms with Gasteiger partial charge in [0.05, 0.1) is 29.0 Å². The van der Waals surface area contributed by atoms with E-state index in [0.717, 1.165) is 5.56 Å². The van der Waals surface area contributed by atoms with Crippen LogP contribution in [0, 0.1) is 0 Å². The molecule has 1 atom stereocenters. The number of anilines is 1. The molecule has 4 rings (SSSR count). The molecule has 0 saturated carbocycles. The smallest absolute Gasteiger partial charge is 0.310 e. The second-order valence-electron chi connectivity index (χ2n) is 7.81. The molecular weight excluding hydrogens is 440 g/mol. The zero-order chi connectivity index (χ0) is 23.5. The monoisotopic (exact) mass is 462 g/mol. The van der Waals surface area contributed by atoms with Crippen LogP contribution < -0.4 is 4.90 Å². The Hall–Kier alpha value is -3.78. The second kappa shape index (κ2) is 9.38. The number of aliphatic hydroxyl groups is 1. The van der Waals surface area contributed by atoms with Gasteiger partial charge in [0.15, 0.2) is 5.76 Å². The van der Waals surface area contributed by atoms with Gasteiger partial charge in [0.2, 0.25) is 5.78 Å². The van der Waals surface area contributed by atoms with Gasteiger partial charge in [-0.15, -0.1) is 11.3 Å². The molecular formula is C25H22N2O5S. The largest absolute Gasteiger partial charge is 0.503 e. The standard InChI is InChI=1S/C25H22N2O5S/c1-15(2)32-20(28)13-16-7-9-18(10-8-16)27-22(17-5-3-11-26-14-17)21(24(30)25(27)31)23(29)19-6-4-12-33-19/h3-12,14-15,22,30H,13H2,1-2H3. The number of aromatic nitrogens is 1. The van der Waals surface area contributed by atoms with Crippen molar-refractivity contribution in [1.29, 1.82) is 0 Å². The summed E-state index contributed by atoms with van der Waals surface area (Å²) in [5, 5.41) is 12.5. The van der Waals surface area contributed by atoms with Crippen molar-refractivity contribution in [3.05, 3.63) is 93.6 Å². The highest BCUT2D eigenvalue weighted by atomic mass is 32.1. The van der Waals surface area contributed by atoms with Crippen LogP contribution in [0.5, 0.6) is 0 Å². The second-order valence-corrected chi connectivity index (χ2v) is 8.76. The Kier molecular flexibility index (Phi) is 6.37. The van der Waals surface area contributed by atoms with Crippen LogP contribution in [0.4, 0.5) is 5.69 Å². The highest BCUT2D eigenvalue weighted by molar-refractivity contribution is 7.12. The molecule has 1 aromatic carbocycles. The first-order valence-corrected chi connectivity index (χ1v) is 11.3. The van der Waals surface area contributed by atoms with E-state index in [4.69, 9.17) is 4.74 Å². The molecule has 3 heterocycles. The summed E-state index contributed by atoms with van der Waals surface area (Å²) in [5.41, 5.74) is 1.82. The number of nitrogens with zero attached hydrogens (tertiary/aromatic N) is 2. The van der Waals surface area contributed by atoms with Crippen molar-refractivity contribution in [1.82, 2.24) is 4.98 Å². The molecule has 3 aromatic rings. The first-order chi connectivity index (χ1) is 15.9. The minimum atomic E-state index is -0.836. The number of hydrogen-bond donors (Lipinski definition) is 1. The maximum Gasteiger partial charge on any atom is 0.310 e. The van der Waals surface area contributed by atoms with E-state index in [1.165, 1.54) is 16.2 Å². The summed E-state index contributed by atoms with van der Waals surface area (Å²) in [6, 6.07) is 12.9. The number of rotatable bonds is 7. The molecule has 0 spiro atoms. The summed E-state index contributed by atoms with van der Waals surface area (Å²) in [5.74, 6) is -1.99. The molecule has 0 radical (unpaired) electrons. The van der Waals surface area contributed by atoms with Crippen LogP contribution in [-0.4, -0.2) is 33.9 Å². The predicted octanol–water partition coefficient (Wildman–Crippen LogP) is 4.42. The van der Waals surface area contributed by atoms with E-state index in [0.29, 0.717) is 16.1 Å². The van der Waals surface area contributed by atoms with Crippen LogP contribution >= 0.6 is 11.3 Å². The van der Waals surface area contributed by atoms with Crippen molar-refractivity contribution in [3.63, 3.8) is 0 Å². The Morgan fingerprint density at radius 3 is 2.52 bits per heavy atom. The van der Waals surface area contributed by atoms with Crippen LogP contribution in [0.15, 0.2) is 77.6 Å². The van der Waals surface area contributed by atoms with E-state index in [1.54, 1.807) is 80.2 Å². The van der Waals surface area contributed by atoms with Gasteiger partial charge in [0, 0.05) is 18.1 Å². The van der Waals surface area contributed by atoms with Crippen molar-refractivity contribution in [2.24, 2.45) is 0 Å². The lowest BCUT2D eigenvalue weighted by Gasteiger charge is -2.26. The SMILES string of the molecule is CC(C)OC(=O)Cc1ccc(N2C(=O)C(O)=C(C(=O)c3cccs3)C2c2cccnc2)cc1. The first-order valence-electron chi connectivity index (χ1n) is 10.4. The Labute approximate surface area is 195 Å². The van der Waals surface area contributed by atoms with E-state index in [9.17, 15) is 19.5 Å². The molecule has 1 aliphatic rings. The quantitative estimate of drug-likeness (QED) is 0.412. The van der Waals surface area contributed by atoms with Gasteiger partial charge in [-0.2, -0.15) is 0 Å². The third-order valence-electron chi connectivity index (χ3n) is 5.13. The molecule has 0 aliphatic carbocycles. The number of aliphatic hydroxyl groups excluding tert-OH is 1. The highest BCUT2D eigenvalue weighted by Gasteiger charge is 2.44. The minimum Gasteiger partial charge on any atom is -0.503 e.